The smallest absolute Gasteiger partial charge is 0.0995 e. The van der Waals surface area contributed by atoms with Gasteiger partial charge in [0, 0.05) is 25.2 Å². The van der Waals surface area contributed by atoms with Gasteiger partial charge in [0.05, 0.1) is 29.7 Å². The molecule has 1 aliphatic rings. The number of nitriles is 1. The summed E-state index contributed by atoms with van der Waals surface area (Å²) in [5, 5.41) is 9.29. The minimum absolute atomic E-state index is 0.342. The van der Waals surface area contributed by atoms with Crippen molar-refractivity contribution in [3.8, 4) is 6.07 Å². The molecule has 2 aromatic rings. The fourth-order valence-electron chi connectivity index (χ4n) is 3.13. The lowest BCUT2D eigenvalue weighted by atomic mass is 9.98. The van der Waals surface area contributed by atoms with Gasteiger partial charge in [0.2, 0.25) is 0 Å². The summed E-state index contributed by atoms with van der Waals surface area (Å²) in [6.07, 6.45) is 6.04. The number of hydrogen-bond acceptors (Lipinski definition) is 4. The van der Waals surface area contributed by atoms with E-state index < -0.39 is 0 Å². The highest BCUT2D eigenvalue weighted by atomic mass is 32.2. The van der Waals surface area contributed by atoms with Gasteiger partial charge < -0.3 is 4.98 Å². The Morgan fingerprint density at radius 2 is 2.32 bits per heavy atom. The molecule has 5 heteroatoms. The van der Waals surface area contributed by atoms with Crippen LogP contribution in [0, 0.1) is 11.3 Å². The van der Waals surface area contributed by atoms with E-state index in [4.69, 9.17) is 0 Å². The number of thioether (sulfide) groups is 1. The molecule has 3 rings (SSSR count). The molecule has 1 aromatic heterocycles. The van der Waals surface area contributed by atoms with Crippen molar-refractivity contribution in [3.63, 3.8) is 0 Å². The van der Waals surface area contributed by atoms with E-state index in [1.807, 2.05) is 36.3 Å². The van der Waals surface area contributed by atoms with Crippen LogP contribution in [0.2, 0.25) is 0 Å². The Kier molecular flexibility index (Phi) is 4.81. The molecule has 0 spiro atoms. The van der Waals surface area contributed by atoms with E-state index >= 15 is 0 Å². The number of aromatic amines is 1. The van der Waals surface area contributed by atoms with Gasteiger partial charge >= 0.3 is 0 Å². The zero-order chi connectivity index (χ0) is 15.4. The molecule has 1 aromatic carbocycles. The summed E-state index contributed by atoms with van der Waals surface area (Å²) < 4.78 is 0. The van der Waals surface area contributed by atoms with E-state index in [1.54, 1.807) is 0 Å². The van der Waals surface area contributed by atoms with Crippen LogP contribution in [0.3, 0.4) is 0 Å². The number of rotatable bonds is 5. The van der Waals surface area contributed by atoms with E-state index in [1.165, 1.54) is 11.4 Å². The van der Waals surface area contributed by atoms with Gasteiger partial charge in [-0.2, -0.15) is 17.0 Å². The molecule has 0 fully saturated rings. The highest BCUT2D eigenvalue weighted by Crippen LogP contribution is 2.32. The summed E-state index contributed by atoms with van der Waals surface area (Å²) in [5.41, 5.74) is 4.35. The molecule has 114 valence electrons. The Morgan fingerprint density at radius 1 is 1.45 bits per heavy atom. The number of hydrogen-bond donors (Lipinski definition) is 1. The summed E-state index contributed by atoms with van der Waals surface area (Å²) in [5.74, 6) is 1.12. The molecule has 0 saturated carbocycles. The minimum atomic E-state index is 0.342. The standard InChI is InChI=1S/C17H20N4S/c1-22-9-7-16-17-15(19-12-20-17)6-8-21(16)11-14-5-3-2-4-13(14)10-18/h2-5,12,16H,6-9,11H2,1H3,(H,19,20)/t16-/m0/s1. The van der Waals surface area contributed by atoms with E-state index in [0.717, 1.165) is 42.8 Å². The highest BCUT2D eigenvalue weighted by Gasteiger charge is 2.29. The first-order valence-electron chi connectivity index (χ1n) is 7.56. The SMILES string of the molecule is CSCC[C@H]1c2nc[nH]c2CCN1Cc1ccccc1C#N. The first-order valence-corrected chi connectivity index (χ1v) is 8.96. The first-order chi connectivity index (χ1) is 10.8. The van der Waals surface area contributed by atoms with Gasteiger partial charge in [0.15, 0.2) is 0 Å². The van der Waals surface area contributed by atoms with Crippen LogP contribution in [0.25, 0.3) is 0 Å². The lowest BCUT2D eigenvalue weighted by molar-refractivity contribution is 0.168. The maximum Gasteiger partial charge on any atom is 0.0995 e. The summed E-state index contributed by atoms with van der Waals surface area (Å²) in [7, 11) is 0. The first kappa shape index (κ1) is 15.1. The van der Waals surface area contributed by atoms with Gasteiger partial charge in [-0.1, -0.05) is 18.2 Å². The summed E-state index contributed by atoms with van der Waals surface area (Å²) in [6.45, 7) is 1.82. The van der Waals surface area contributed by atoms with Crippen LogP contribution in [0.5, 0.6) is 0 Å². The molecule has 0 radical (unpaired) electrons. The molecule has 0 saturated heterocycles. The second-order valence-corrected chi connectivity index (χ2v) is 6.54. The molecular formula is C17H20N4S. The van der Waals surface area contributed by atoms with E-state index in [2.05, 4.69) is 33.3 Å². The Balaban J connectivity index is 1.84. The maximum absolute atomic E-state index is 9.29. The normalized spacial score (nSPS) is 17.9. The van der Waals surface area contributed by atoms with Gasteiger partial charge in [-0.25, -0.2) is 4.98 Å². The lowest BCUT2D eigenvalue weighted by Gasteiger charge is -2.35. The second kappa shape index (κ2) is 6.99. The van der Waals surface area contributed by atoms with Gasteiger partial charge in [-0.15, -0.1) is 0 Å². The Bertz CT molecular complexity index is 673. The van der Waals surface area contributed by atoms with Crippen LogP contribution >= 0.6 is 11.8 Å². The average molecular weight is 312 g/mol. The van der Waals surface area contributed by atoms with Gasteiger partial charge in [-0.3, -0.25) is 4.90 Å². The molecule has 2 heterocycles. The molecule has 22 heavy (non-hydrogen) atoms. The number of H-pyrrole nitrogens is 1. The third-order valence-electron chi connectivity index (χ3n) is 4.26. The predicted molar refractivity (Wildman–Crippen MR) is 89.6 cm³/mol. The van der Waals surface area contributed by atoms with Crippen LogP contribution in [0.4, 0.5) is 0 Å². The number of nitrogens with one attached hydrogen (secondary N) is 1. The van der Waals surface area contributed by atoms with Crippen molar-refractivity contribution in [1.82, 2.24) is 14.9 Å². The van der Waals surface area contributed by atoms with Crippen LogP contribution in [0.1, 0.15) is 35.0 Å². The number of fused-ring (bicyclic) bond motifs is 1. The highest BCUT2D eigenvalue weighted by molar-refractivity contribution is 7.98. The van der Waals surface area contributed by atoms with Crippen LogP contribution in [0.15, 0.2) is 30.6 Å². The molecule has 0 unspecified atom stereocenters. The monoisotopic (exact) mass is 312 g/mol. The van der Waals surface area contributed by atoms with Gasteiger partial charge in [0.25, 0.3) is 0 Å². The van der Waals surface area contributed by atoms with Crippen molar-refractivity contribution >= 4 is 11.8 Å². The van der Waals surface area contributed by atoms with Gasteiger partial charge in [-0.05, 0) is 30.1 Å². The third kappa shape index (κ3) is 3.03. The van der Waals surface area contributed by atoms with Crippen LogP contribution in [-0.4, -0.2) is 33.4 Å². The van der Waals surface area contributed by atoms with Gasteiger partial charge in [0.1, 0.15) is 0 Å². The Morgan fingerprint density at radius 3 is 3.14 bits per heavy atom. The minimum Gasteiger partial charge on any atom is -0.348 e. The molecular weight excluding hydrogens is 292 g/mol. The molecule has 0 bridgehead atoms. The molecule has 4 nitrogen and oxygen atoms in total. The largest absolute Gasteiger partial charge is 0.348 e. The quantitative estimate of drug-likeness (QED) is 0.921. The number of imidazole rings is 1. The fraction of sp³-hybridized carbons (Fsp3) is 0.412. The van der Waals surface area contributed by atoms with Crippen LogP contribution in [-0.2, 0) is 13.0 Å². The third-order valence-corrected chi connectivity index (χ3v) is 4.91. The van der Waals surface area contributed by atoms with E-state index in [-0.39, 0.29) is 0 Å². The Hall–Kier alpha value is -1.77. The topological polar surface area (TPSA) is 55.7 Å². The summed E-state index contributed by atoms with van der Waals surface area (Å²) >= 11 is 1.87. The second-order valence-electron chi connectivity index (χ2n) is 5.55. The summed E-state index contributed by atoms with van der Waals surface area (Å²) in [4.78, 5) is 10.3. The average Bonchev–Trinajstić information content (AvgIpc) is 3.03. The van der Waals surface area contributed by atoms with E-state index in [0.29, 0.717) is 6.04 Å². The fourth-order valence-corrected chi connectivity index (χ4v) is 3.59. The van der Waals surface area contributed by atoms with Crippen molar-refractivity contribution < 1.29 is 0 Å². The zero-order valence-electron chi connectivity index (χ0n) is 12.7. The molecule has 0 amide bonds. The van der Waals surface area contributed by atoms with Crippen molar-refractivity contribution in [1.29, 1.82) is 5.26 Å². The maximum atomic E-state index is 9.29. The molecule has 1 aliphatic heterocycles. The predicted octanol–water partition coefficient (Wildman–Crippen LogP) is 3.13. The Labute approximate surface area is 135 Å². The van der Waals surface area contributed by atoms with Crippen LogP contribution < -0.4 is 0 Å². The zero-order valence-corrected chi connectivity index (χ0v) is 13.6. The van der Waals surface area contributed by atoms with Crippen molar-refractivity contribution in [3.05, 3.63) is 53.1 Å². The molecule has 0 aliphatic carbocycles. The number of nitrogens with zero attached hydrogens (tertiary/aromatic N) is 3. The van der Waals surface area contributed by atoms with Crippen molar-refractivity contribution in [2.75, 3.05) is 18.6 Å². The van der Waals surface area contributed by atoms with E-state index in [9.17, 15) is 5.26 Å². The van der Waals surface area contributed by atoms with Crippen molar-refractivity contribution in [2.45, 2.75) is 25.4 Å². The number of aromatic nitrogens is 2. The summed E-state index contributed by atoms with van der Waals surface area (Å²) in [6, 6.07) is 10.5. The molecule has 1 atom stereocenters. The lowest BCUT2D eigenvalue weighted by Crippen LogP contribution is -2.35. The molecule has 1 N–H and O–H groups in total. The van der Waals surface area contributed by atoms with Crippen molar-refractivity contribution in [2.24, 2.45) is 0 Å². The number of benzene rings is 1.